The van der Waals surface area contributed by atoms with Gasteiger partial charge in [-0.2, -0.15) is 0 Å². The number of ether oxygens (including phenoxy) is 1. The zero-order valence-electron chi connectivity index (χ0n) is 9.50. The number of halogens is 1. The third-order valence-electron chi connectivity index (χ3n) is 2.54. The Kier molecular flexibility index (Phi) is 4.50. The molecule has 0 aliphatic carbocycles. The number of benzene rings is 1. The number of hydrogen-bond acceptors (Lipinski definition) is 3. The van der Waals surface area contributed by atoms with E-state index in [4.69, 9.17) is 10.5 Å². The molecule has 0 radical (unpaired) electrons. The highest BCUT2D eigenvalue weighted by Crippen LogP contribution is 2.26. The molecule has 0 amide bonds. The van der Waals surface area contributed by atoms with Crippen molar-refractivity contribution in [2.75, 3.05) is 6.61 Å². The standard InChI is InChI=1S/C12H16BrNO2/c1-3-12(14,11(15)16-4-2)9-6-5-7-10(13)8-9/h5-8H,3-4,14H2,1-2H3. The third kappa shape index (κ3) is 2.62. The minimum absolute atomic E-state index is 0.339. The highest BCUT2D eigenvalue weighted by atomic mass is 79.9. The number of hydrogen-bond donors (Lipinski definition) is 1. The Bertz CT molecular complexity index is 381. The van der Waals surface area contributed by atoms with Crippen LogP contribution in [0.15, 0.2) is 28.7 Å². The van der Waals surface area contributed by atoms with E-state index in [0.717, 1.165) is 10.0 Å². The van der Waals surface area contributed by atoms with Gasteiger partial charge in [-0.15, -0.1) is 0 Å². The zero-order valence-corrected chi connectivity index (χ0v) is 11.1. The monoisotopic (exact) mass is 285 g/mol. The van der Waals surface area contributed by atoms with Crippen LogP contribution in [0, 0.1) is 0 Å². The first kappa shape index (κ1) is 13.2. The lowest BCUT2D eigenvalue weighted by Gasteiger charge is -2.26. The molecule has 0 bridgehead atoms. The first-order valence-corrected chi connectivity index (χ1v) is 6.06. The molecule has 88 valence electrons. The normalized spacial score (nSPS) is 14.2. The zero-order chi connectivity index (χ0) is 12.2. The highest BCUT2D eigenvalue weighted by Gasteiger charge is 2.35. The third-order valence-corrected chi connectivity index (χ3v) is 3.03. The van der Waals surface area contributed by atoms with E-state index in [-0.39, 0.29) is 5.97 Å². The van der Waals surface area contributed by atoms with Crippen molar-refractivity contribution in [3.63, 3.8) is 0 Å². The van der Waals surface area contributed by atoms with Crippen molar-refractivity contribution in [1.82, 2.24) is 0 Å². The highest BCUT2D eigenvalue weighted by molar-refractivity contribution is 9.10. The molecule has 0 aliphatic rings. The number of carbonyl (C=O) groups excluding carboxylic acids is 1. The molecular weight excluding hydrogens is 270 g/mol. The molecule has 2 N–H and O–H groups in total. The van der Waals surface area contributed by atoms with Gasteiger partial charge in [-0.1, -0.05) is 35.0 Å². The summed E-state index contributed by atoms with van der Waals surface area (Å²) < 4.78 is 5.91. The van der Waals surface area contributed by atoms with Crippen molar-refractivity contribution in [3.05, 3.63) is 34.3 Å². The summed E-state index contributed by atoms with van der Waals surface area (Å²) in [4.78, 5) is 11.8. The van der Waals surface area contributed by atoms with E-state index in [1.807, 2.05) is 31.2 Å². The maximum absolute atomic E-state index is 11.8. The van der Waals surface area contributed by atoms with Gasteiger partial charge in [0.25, 0.3) is 0 Å². The van der Waals surface area contributed by atoms with Crippen LogP contribution >= 0.6 is 15.9 Å². The van der Waals surface area contributed by atoms with E-state index >= 15 is 0 Å². The summed E-state index contributed by atoms with van der Waals surface area (Å²) in [5, 5.41) is 0. The molecule has 1 rings (SSSR count). The second-order valence-electron chi connectivity index (χ2n) is 3.56. The molecular formula is C12H16BrNO2. The van der Waals surface area contributed by atoms with Crippen molar-refractivity contribution in [3.8, 4) is 0 Å². The topological polar surface area (TPSA) is 52.3 Å². The van der Waals surface area contributed by atoms with Crippen LogP contribution in [0.5, 0.6) is 0 Å². The summed E-state index contributed by atoms with van der Waals surface area (Å²) in [6.45, 7) is 3.98. The lowest BCUT2D eigenvalue weighted by molar-refractivity contribution is -0.150. The van der Waals surface area contributed by atoms with Crippen molar-refractivity contribution in [2.45, 2.75) is 25.8 Å². The molecule has 1 atom stereocenters. The van der Waals surface area contributed by atoms with E-state index in [1.165, 1.54) is 0 Å². The van der Waals surface area contributed by atoms with Gasteiger partial charge >= 0.3 is 5.97 Å². The van der Waals surface area contributed by atoms with Gasteiger partial charge in [0.05, 0.1) is 6.61 Å². The average molecular weight is 286 g/mol. The molecule has 0 aromatic heterocycles. The predicted octanol–water partition coefficient (Wildman–Crippen LogP) is 2.58. The van der Waals surface area contributed by atoms with Crippen LogP contribution in [0.3, 0.4) is 0 Å². The Hall–Kier alpha value is -0.870. The maximum atomic E-state index is 11.8. The van der Waals surface area contributed by atoms with E-state index in [0.29, 0.717) is 13.0 Å². The van der Waals surface area contributed by atoms with Gasteiger partial charge in [-0.25, -0.2) is 4.79 Å². The largest absolute Gasteiger partial charge is 0.464 e. The molecule has 1 aromatic rings. The molecule has 3 nitrogen and oxygen atoms in total. The summed E-state index contributed by atoms with van der Waals surface area (Å²) in [6, 6.07) is 7.44. The number of carbonyl (C=O) groups is 1. The Balaban J connectivity index is 3.09. The Morgan fingerprint density at radius 3 is 2.69 bits per heavy atom. The predicted molar refractivity (Wildman–Crippen MR) is 66.9 cm³/mol. The van der Waals surface area contributed by atoms with Crippen molar-refractivity contribution < 1.29 is 9.53 Å². The van der Waals surface area contributed by atoms with Crippen molar-refractivity contribution >= 4 is 21.9 Å². The summed E-state index contributed by atoms with van der Waals surface area (Å²) in [5.74, 6) is -0.379. The second-order valence-corrected chi connectivity index (χ2v) is 4.47. The quantitative estimate of drug-likeness (QED) is 0.865. The smallest absolute Gasteiger partial charge is 0.330 e. The fourth-order valence-corrected chi connectivity index (χ4v) is 1.89. The summed E-state index contributed by atoms with van der Waals surface area (Å²) in [6.07, 6.45) is 0.502. The Morgan fingerprint density at radius 2 is 2.19 bits per heavy atom. The Morgan fingerprint density at radius 1 is 1.50 bits per heavy atom. The van der Waals surface area contributed by atoms with Crippen LogP contribution in [-0.4, -0.2) is 12.6 Å². The second kappa shape index (κ2) is 5.46. The number of esters is 1. The fourth-order valence-electron chi connectivity index (χ4n) is 1.49. The molecule has 0 heterocycles. The van der Waals surface area contributed by atoms with Gasteiger partial charge in [0, 0.05) is 4.47 Å². The van der Waals surface area contributed by atoms with Crippen molar-refractivity contribution in [1.29, 1.82) is 0 Å². The first-order valence-electron chi connectivity index (χ1n) is 5.26. The van der Waals surface area contributed by atoms with Crippen LogP contribution in [0.25, 0.3) is 0 Å². The molecule has 0 saturated heterocycles. The van der Waals surface area contributed by atoms with Crippen molar-refractivity contribution in [2.24, 2.45) is 5.73 Å². The van der Waals surface area contributed by atoms with E-state index in [9.17, 15) is 4.79 Å². The molecule has 0 aliphatic heterocycles. The van der Waals surface area contributed by atoms with Crippen LogP contribution in [0.4, 0.5) is 0 Å². The van der Waals surface area contributed by atoms with E-state index in [2.05, 4.69) is 15.9 Å². The van der Waals surface area contributed by atoms with Gasteiger partial charge in [-0.05, 0) is 31.0 Å². The minimum Gasteiger partial charge on any atom is -0.464 e. The maximum Gasteiger partial charge on any atom is 0.330 e. The van der Waals surface area contributed by atoms with Crippen LogP contribution in [-0.2, 0) is 15.1 Å². The lowest BCUT2D eigenvalue weighted by Crippen LogP contribution is -2.45. The number of nitrogens with two attached hydrogens (primary N) is 1. The molecule has 0 spiro atoms. The van der Waals surface area contributed by atoms with Crippen LogP contribution in [0.2, 0.25) is 0 Å². The van der Waals surface area contributed by atoms with Crippen LogP contribution < -0.4 is 5.73 Å². The van der Waals surface area contributed by atoms with E-state index < -0.39 is 5.54 Å². The summed E-state index contributed by atoms with van der Waals surface area (Å²) in [7, 11) is 0. The van der Waals surface area contributed by atoms with Gasteiger partial charge in [0.15, 0.2) is 0 Å². The Labute approximate surface area is 104 Å². The molecule has 4 heteroatoms. The molecule has 1 unspecified atom stereocenters. The fraction of sp³-hybridized carbons (Fsp3) is 0.417. The van der Waals surface area contributed by atoms with Gasteiger partial charge in [-0.3, -0.25) is 0 Å². The lowest BCUT2D eigenvalue weighted by atomic mass is 9.88. The van der Waals surface area contributed by atoms with Gasteiger partial charge < -0.3 is 10.5 Å². The average Bonchev–Trinajstić information content (AvgIpc) is 2.28. The summed E-state index contributed by atoms with van der Waals surface area (Å²) in [5.41, 5.74) is 5.83. The van der Waals surface area contributed by atoms with Crippen LogP contribution in [0.1, 0.15) is 25.8 Å². The van der Waals surface area contributed by atoms with Gasteiger partial charge in [0.1, 0.15) is 5.54 Å². The molecule has 0 fully saturated rings. The van der Waals surface area contributed by atoms with Gasteiger partial charge in [0.2, 0.25) is 0 Å². The van der Waals surface area contributed by atoms with E-state index in [1.54, 1.807) is 6.92 Å². The SMILES string of the molecule is CCOC(=O)C(N)(CC)c1cccc(Br)c1. The molecule has 0 saturated carbocycles. The number of rotatable bonds is 4. The minimum atomic E-state index is -1.06. The molecule has 1 aromatic carbocycles. The summed E-state index contributed by atoms with van der Waals surface area (Å²) >= 11 is 3.36. The first-order chi connectivity index (χ1) is 7.54. The molecule has 16 heavy (non-hydrogen) atoms.